The van der Waals surface area contributed by atoms with Crippen LogP contribution in [0.3, 0.4) is 0 Å². The van der Waals surface area contributed by atoms with Crippen molar-refractivity contribution in [3.8, 4) is 0 Å². The monoisotopic (exact) mass is 302 g/mol. The van der Waals surface area contributed by atoms with E-state index < -0.39 is 0 Å². The van der Waals surface area contributed by atoms with Crippen molar-refractivity contribution in [2.24, 2.45) is 0 Å². The number of rotatable bonds is 4. The molecular weight excluding hydrogens is 284 g/mol. The van der Waals surface area contributed by atoms with Crippen LogP contribution in [0.1, 0.15) is 46.6 Å². The van der Waals surface area contributed by atoms with Crippen molar-refractivity contribution in [3.05, 3.63) is 63.9 Å². The number of nitrogens with zero attached hydrogens (tertiary/aromatic N) is 1. The third kappa shape index (κ3) is 3.61. The molecule has 3 nitrogen and oxygen atoms in total. The maximum absolute atomic E-state index is 12.5. The molecule has 0 fully saturated rings. The highest BCUT2D eigenvalue weighted by Crippen LogP contribution is 2.22. The van der Waals surface area contributed by atoms with Gasteiger partial charge in [-0.2, -0.15) is 0 Å². The van der Waals surface area contributed by atoms with Crippen molar-refractivity contribution in [3.63, 3.8) is 0 Å². The molecule has 1 atom stereocenters. The summed E-state index contributed by atoms with van der Waals surface area (Å²) in [6, 6.07) is 9.27. The first kappa shape index (κ1) is 15.5. The van der Waals surface area contributed by atoms with E-state index >= 15 is 0 Å². The van der Waals surface area contributed by atoms with Gasteiger partial charge in [0.15, 0.2) is 0 Å². The fourth-order valence-electron chi connectivity index (χ4n) is 2.29. The Morgan fingerprint density at radius 2 is 2.10 bits per heavy atom. The minimum atomic E-state index is -0.159. The maximum Gasteiger partial charge on any atom is 0.253 e. The number of pyridine rings is 1. The van der Waals surface area contributed by atoms with Crippen LogP contribution in [-0.4, -0.2) is 10.9 Å². The zero-order chi connectivity index (χ0) is 15.4. The highest BCUT2D eigenvalue weighted by atomic mass is 35.5. The highest BCUT2D eigenvalue weighted by molar-refractivity contribution is 6.34. The molecule has 0 spiro atoms. The number of hydrogen-bond acceptors (Lipinski definition) is 2. The van der Waals surface area contributed by atoms with Crippen LogP contribution in [0.5, 0.6) is 0 Å². The van der Waals surface area contributed by atoms with Gasteiger partial charge in [0.25, 0.3) is 5.91 Å². The van der Waals surface area contributed by atoms with Crippen LogP contribution in [0, 0.1) is 13.8 Å². The fraction of sp³-hybridized carbons (Fsp3) is 0.294. The lowest BCUT2D eigenvalue weighted by Gasteiger charge is -2.18. The van der Waals surface area contributed by atoms with Crippen LogP contribution >= 0.6 is 11.6 Å². The summed E-state index contributed by atoms with van der Waals surface area (Å²) < 4.78 is 0. The number of carbonyl (C=O) groups is 1. The normalized spacial score (nSPS) is 12.0. The first-order valence-corrected chi connectivity index (χ1v) is 7.39. The molecule has 1 unspecified atom stereocenters. The lowest BCUT2D eigenvalue weighted by atomic mass is 10.1. The molecule has 2 aromatic rings. The largest absolute Gasteiger partial charge is 0.344 e. The van der Waals surface area contributed by atoms with Crippen molar-refractivity contribution in [1.82, 2.24) is 10.3 Å². The van der Waals surface area contributed by atoms with Gasteiger partial charge in [0.1, 0.15) is 0 Å². The van der Waals surface area contributed by atoms with Crippen molar-refractivity contribution >= 4 is 17.5 Å². The third-order valence-corrected chi connectivity index (χ3v) is 3.77. The predicted octanol–water partition coefficient (Wildman–Crippen LogP) is 4.23. The summed E-state index contributed by atoms with van der Waals surface area (Å²) in [4.78, 5) is 16.8. The molecule has 0 aliphatic carbocycles. The molecule has 0 aliphatic rings. The van der Waals surface area contributed by atoms with E-state index in [1.807, 2.05) is 45.0 Å². The van der Waals surface area contributed by atoms with Gasteiger partial charge in [-0.25, -0.2) is 0 Å². The Labute approximate surface area is 130 Å². The van der Waals surface area contributed by atoms with Gasteiger partial charge in [-0.15, -0.1) is 0 Å². The molecule has 4 heteroatoms. The van der Waals surface area contributed by atoms with E-state index in [1.54, 1.807) is 12.3 Å². The van der Waals surface area contributed by atoms with Gasteiger partial charge in [0, 0.05) is 6.20 Å². The highest BCUT2D eigenvalue weighted by Gasteiger charge is 2.18. The molecule has 1 N–H and O–H groups in total. The number of carbonyl (C=O) groups excluding carboxylic acids is 1. The number of hydrogen-bond donors (Lipinski definition) is 1. The quantitative estimate of drug-likeness (QED) is 0.918. The zero-order valence-corrected chi connectivity index (χ0v) is 13.2. The van der Waals surface area contributed by atoms with E-state index in [0.29, 0.717) is 10.6 Å². The number of nitrogens with one attached hydrogen (secondary N) is 1. The van der Waals surface area contributed by atoms with E-state index in [4.69, 9.17) is 11.6 Å². The van der Waals surface area contributed by atoms with Crippen molar-refractivity contribution in [2.75, 3.05) is 0 Å². The van der Waals surface area contributed by atoms with Crippen molar-refractivity contribution in [2.45, 2.75) is 33.2 Å². The van der Waals surface area contributed by atoms with E-state index in [0.717, 1.165) is 23.2 Å². The van der Waals surface area contributed by atoms with Gasteiger partial charge in [0.05, 0.1) is 22.3 Å². The predicted molar refractivity (Wildman–Crippen MR) is 85.7 cm³/mol. The summed E-state index contributed by atoms with van der Waals surface area (Å²) >= 11 is 6.15. The minimum Gasteiger partial charge on any atom is -0.344 e. The second kappa shape index (κ2) is 6.72. The number of halogens is 1. The van der Waals surface area contributed by atoms with Crippen molar-refractivity contribution in [1.29, 1.82) is 0 Å². The lowest BCUT2D eigenvalue weighted by molar-refractivity contribution is 0.0934. The molecule has 0 saturated carbocycles. The first-order chi connectivity index (χ1) is 10.0. The zero-order valence-electron chi connectivity index (χ0n) is 12.5. The molecule has 0 radical (unpaired) electrons. The summed E-state index contributed by atoms with van der Waals surface area (Å²) in [7, 11) is 0. The van der Waals surface area contributed by atoms with Crippen LogP contribution in [0.15, 0.2) is 36.5 Å². The average molecular weight is 303 g/mol. The molecule has 0 aliphatic heterocycles. The Balaban J connectivity index is 2.25. The second-order valence-corrected chi connectivity index (χ2v) is 5.53. The van der Waals surface area contributed by atoms with E-state index in [1.165, 1.54) is 0 Å². The average Bonchev–Trinajstić information content (AvgIpc) is 2.44. The van der Waals surface area contributed by atoms with Crippen LogP contribution in [0.25, 0.3) is 0 Å². The summed E-state index contributed by atoms with van der Waals surface area (Å²) in [6.45, 7) is 5.92. The Morgan fingerprint density at radius 3 is 2.71 bits per heavy atom. The van der Waals surface area contributed by atoms with E-state index in [2.05, 4.69) is 10.3 Å². The van der Waals surface area contributed by atoms with Crippen molar-refractivity contribution < 1.29 is 4.79 Å². The number of aromatic nitrogens is 1. The molecule has 21 heavy (non-hydrogen) atoms. The summed E-state index contributed by atoms with van der Waals surface area (Å²) in [5.41, 5.74) is 3.40. The van der Waals surface area contributed by atoms with Crippen LogP contribution < -0.4 is 5.32 Å². The molecule has 0 bridgehead atoms. The van der Waals surface area contributed by atoms with Gasteiger partial charge >= 0.3 is 0 Å². The van der Waals surface area contributed by atoms with Crippen LogP contribution in [-0.2, 0) is 0 Å². The number of amides is 1. The molecule has 110 valence electrons. The Morgan fingerprint density at radius 1 is 1.33 bits per heavy atom. The molecule has 1 amide bonds. The van der Waals surface area contributed by atoms with E-state index in [-0.39, 0.29) is 11.9 Å². The van der Waals surface area contributed by atoms with Gasteiger partial charge in [-0.3, -0.25) is 9.78 Å². The Bertz CT molecular complexity index is 635. The molecule has 0 saturated heterocycles. The minimum absolute atomic E-state index is 0.118. The molecule has 1 aromatic heterocycles. The van der Waals surface area contributed by atoms with Gasteiger partial charge in [0.2, 0.25) is 0 Å². The van der Waals surface area contributed by atoms with Gasteiger partial charge in [-0.1, -0.05) is 30.7 Å². The molecular formula is C17H19ClN2O. The fourth-order valence-corrected chi connectivity index (χ4v) is 2.59. The standard InChI is InChI=1S/C17H19ClN2O/c1-4-14(15-10-11(2)8-9-19-15)20-17(21)16-12(3)6-5-7-13(16)18/h5-10,14H,4H2,1-3H3,(H,20,21). The van der Waals surface area contributed by atoms with Crippen LogP contribution in [0.4, 0.5) is 0 Å². The molecule has 1 aromatic carbocycles. The SMILES string of the molecule is CCC(NC(=O)c1c(C)cccc1Cl)c1cc(C)ccn1. The number of aryl methyl sites for hydroxylation is 2. The maximum atomic E-state index is 12.5. The summed E-state index contributed by atoms with van der Waals surface area (Å²) in [5.74, 6) is -0.159. The van der Waals surface area contributed by atoms with Crippen LogP contribution in [0.2, 0.25) is 5.02 Å². The smallest absolute Gasteiger partial charge is 0.253 e. The summed E-state index contributed by atoms with van der Waals surface area (Å²) in [5, 5.41) is 3.49. The number of benzene rings is 1. The van der Waals surface area contributed by atoms with Gasteiger partial charge < -0.3 is 5.32 Å². The second-order valence-electron chi connectivity index (χ2n) is 5.12. The topological polar surface area (TPSA) is 42.0 Å². The first-order valence-electron chi connectivity index (χ1n) is 7.01. The Kier molecular flexibility index (Phi) is 4.97. The van der Waals surface area contributed by atoms with E-state index in [9.17, 15) is 4.79 Å². The third-order valence-electron chi connectivity index (χ3n) is 3.46. The molecule has 1 heterocycles. The molecule has 2 rings (SSSR count). The van der Waals surface area contributed by atoms with Gasteiger partial charge in [-0.05, 0) is 49.6 Å². The lowest BCUT2D eigenvalue weighted by Crippen LogP contribution is -2.29. The summed E-state index contributed by atoms with van der Waals surface area (Å²) in [6.07, 6.45) is 2.53. The Hall–Kier alpha value is -1.87.